The molecule has 16 heavy (non-hydrogen) atoms. The molecule has 1 rings (SSSR count). The molecular formula is C12H16BrNO2. The van der Waals surface area contributed by atoms with Gasteiger partial charge >= 0.3 is 0 Å². The second-order valence-corrected chi connectivity index (χ2v) is 4.88. The van der Waals surface area contributed by atoms with Gasteiger partial charge in [0.15, 0.2) is 0 Å². The largest absolute Gasteiger partial charge is 0.387 e. The third-order valence-electron chi connectivity index (χ3n) is 2.25. The standard InChI is InChI=1S/C12H16BrNO2/c1-8(2)12(16)14-7-11(15)9-3-5-10(13)6-4-9/h3-6,8,11,15H,7H2,1-2H3,(H,14,16). The average molecular weight is 286 g/mol. The quantitative estimate of drug-likeness (QED) is 0.892. The van der Waals surface area contributed by atoms with Crippen LogP contribution in [0.25, 0.3) is 0 Å². The van der Waals surface area contributed by atoms with E-state index in [1.807, 2.05) is 38.1 Å². The van der Waals surface area contributed by atoms with Crippen LogP contribution in [0.5, 0.6) is 0 Å². The number of rotatable bonds is 4. The fourth-order valence-corrected chi connectivity index (χ4v) is 1.47. The van der Waals surface area contributed by atoms with Crippen LogP contribution < -0.4 is 5.32 Å². The van der Waals surface area contributed by atoms with Gasteiger partial charge in [0, 0.05) is 16.9 Å². The molecule has 0 heterocycles. The van der Waals surface area contributed by atoms with Gasteiger partial charge in [-0.05, 0) is 17.7 Å². The lowest BCUT2D eigenvalue weighted by molar-refractivity contribution is -0.124. The summed E-state index contributed by atoms with van der Waals surface area (Å²) in [5, 5.41) is 12.5. The van der Waals surface area contributed by atoms with Crippen LogP contribution in [0, 0.1) is 5.92 Å². The molecule has 1 amide bonds. The van der Waals surface area contributed by atoms with E-state index in [1.165, 1.54) is 0 Å². The number of amides is 1. The van der Waals surface area contributed by atoms with Gasteiger partial charge in [0.25, 0.3) is 0 Å². The maximum atomic E-state index is 11.3. The molecule has 0 bridgehead atoms. The SMILES string of the molecule is CC(C)C(=O)NCC(O)c1ccc(Br)cc1. The van der Waals surface area contributed by atoms with E-state index < -0.39 is 6.10 Å². The molecule has 1 aromatic carbocycles. The van der Waals surface area contributed by atoms with E-state index in [2.05, 4.69) is 21.2 Å². The summed E-state index contributed by atoms with van der Waals surface area (Å²) < 4.78 is 0.967. The Morgan fingerprint density at radius 1 is 1.38 bits per heavy atom. The molecule has 4 heteroatoms. The lowest BCUT2D eigenvalue weighted by atomic mass is 10.1. The van der Waals surface area contributed by atoms with Crippen molar-refractivity contribution < 1.29 is 9.90 Å². The molecule has 1 unspecified atom stereocenters. The fraction of sp³-hybridized carbons (Fsp3) is 0.417. The van der Waals surface area contributed by atoms with Gasteiger partial charge in [-0.1, -0.05) is 41.9 Å². The van der Waals surface area contributed by atoms with E-state index >= 15 is 0 Å². The zero-order valence-electron chi connectivity index (χ0n) is 9.40. The predicted molar refractivity (Wildman–Crippen MR) is 66.9 cm³/mol. The van der Waals surface area contributed by atoms with Crippen LogP contribution in [0.1, 0.15) is 25.5 Å². The van der Waals surface area contributed by atoms with Gasteiger partial charge in [0.1, 0.15) is 0 Å². The van der Waals surface area contributed by atoms with Gasteiger partial charge in [-0.2, -0.15) is 0 Å². The number of hydrogen-bond acceptors (Lipinski definition) is 2. The molecule has 3 nitrogen and oxygen atoms in total. The maximum Gasteiger partial charge on any atom is 0.222 e. The molecule has 2 N–H and O–H groups in total. The molecule has 0 aliphatic carbocycles. The highest BCUT2D eigenvalue weighted by Crippen LogP contribution is 2.16. The second kappa shape index (κ2) is 6.01. The Labute approximate surface area is 104 Å². The van der Waals surface area contributed by atoms with E-state index in [1.54, 1.807) is 0 Å². The lowest BCUT2D eigenvalue weighted by Crippen LogP contribution is -2.31. The lowest BCUT2D eigenvalue weighted by Gasteiger charge is -2.13. The molecule has 0 aliphatic heterocycles. The minimum Gasteiger partial charge on any atom is -0.387 e. The Bertz CT molecular complexity index is 349. The van der Waals surface area contributed by atoms with Gasteiger partial charge in [-0.15, -0.1) is 0 Å². The molecule has 1 atom stereocenters. The van der Waals surface area contributed by atoms with E-state index in [0.717, 1.165) is 10.0 Å². The number of carbonyl (C=O) groups excluding carboxylic acids is 1. The number of nitrogens with one attached hydrogen (secondary N) is 1. The van der Waals surface area contributed by atoms with Crippen molar-refractivity contribution in [3.05, 3.63) is 34.3 Å². The van der Waals surface area contributed by atoms with Gasteiger partial charge < -0.3 is 10.4 Å². The molecule has 0 aliphatic rings. The minimum absolute atomic E-state index is 0.0452. The minimum atomic E-state index is -0.657. The molecule has 0 radical (unpaired) electrons. The highest BCUT2D eigenvalue weighted by atomic mass is 79.9. The van der Waals surface area contributed by atoms with Crippen molar-refractivity contribution in [2.75, 3.05) is 6.54 Å². The summed E-state index contributed by atoms with van der Waals surface area (Å²) in [6.45, 7) is 3.89. The predicted octanol–water partition coefficient (Wildman–Crippen LogP) is 2.25. The van der Waals surface area contributed by atoms with Crippen molar-refractivity contribution in [3.63, 3.8) is 0 Å². The molecule has 0 saturated carbocycles. The zero-order valence-corrected chi connectivity index (χ0v) is 11.0. The molecule has 0 saturated heterocycles. The number of halogens is 1. The van der Waals surface area contributed by atoms with Crippen molar-refractivity contribution in [3.8, 4) is 0 Å². The van der Waals surface area contributed by atoms with Gasteiger partial charge in [0.2, 0.25) is 5.91 Å². The Morgan fingerprint density at radius 3 is 2.44 bits per heavy atom. The summed E-state index contributed by atoms with van der Waals surface area (Å²) in [6, 6.07) is 7.39. The van der Waals surface area contributed by atoms with Crippen molar-refractivity contribution in [2.24, 2.45) is 5.92 Å². The summed E-state index contributed by atoms with van der Waals surface area (Å²) in [7, 11) is 0. The molecule has 0 fully saturated rings. The summed E-state index contributed by atoms with van der Waals surface area (Å²) in [5.74, 6) is -0.103. The van der Waals surface area contributed by atoms with Gasteiger partial charge in [0.05, 0.1) is 6.10 Å². The van der Waals surface area contributed by atoms with Crippen LogP contribution in [0.2, 0.25) is 0 Å². The highest BCUT2D eigenvalue weighted by Gasteiger charge is 2.11. The molecule has 1 aromatic rings. The number of aliphatic hydroxyl groups excluding tert-OH is 1. The maximum absolute atomic E-state index is 11.3. The molecule has 0 aromatic heterocycles. The summed E-state index contributed by atoms with van der Waals surface area (Å²) in [4.78, 5) is 11.3. The first-order valence-electron chi connectivity index (χ1n) is 5.22. The van der Waals surface area contributed by atoms with Crippen molar-refractivity contribution in [1.82, 2.24) is 5.32 Å². The molecule has 0 spiro atoms. The summed E-state index contributed by atoms with van der Waals surface area (Å²) in [6.07, 6.45) is -0.657. The number of benzene rings is 1. The first-order valence-corrected chi connectivity index (χ1v) is 6.01. The zero-order chi connectivity index (χ0) is 12.1. The van der Waals surface area contributed by atoms with Crippen molar-refractivity contribution >= 4 is 21.8 Å². The first kappa shape index (κ1) is 13.2. The normalized spacial score (nSPS) is 12.6. The summed E-state index contributed by atoms with van der Waals surface area (Å²) >= 11 is 3.32. The Balaban J connectivity index is 2.49. The molecule has 88 valence electrons. The Hall–Kier alpha value is -0.870. The van der Waals surface area contributed by atoms with E-state index in [-0.39, 0.29) is 18.4 Å². The monoisotopic (exact) mass is 285 g/mol. The van der Waals surface area contributed by atoms with Crippen LogP contribution >= 0.6 is 15.9 Å². The van der Waals surface area contributed by atoms with Crippen LogP contribution in [0.4, 0.5) is 0 Å². The third-order valence-corrected chi connectivity index (χ3v) is 2.78. The van der Waals surface area contributed by atoms with Crippen LogP contribution in [0.3, 0.4) is 0 Å². The van der Waals surface area contributed by atoms with Gasteiger partial charge in [-0.3, -0.25) is 4.79 Å². The fourth-order valence-electron chi connectivity index (χ4n) is 1.20. The van der Waals surface area contributed by atoms with Crippen molar-refractivity contribution in [1.29, 1.82) is 0 Å². The average Bonchev–Trinajstić information content (AvgIpc) is 2.26. The number of carbonyl (C=O) groups is 1. The van der Waals surface area contributed by atoms with Gasteiger partial charge in [-0.25, -0.2) is 0 Å². The van der Waals surface area contributed by atoms with Crippen molar-refractivity contribution in [2.45, 2.75) is 20.0 Å². The third kappa shape index (κ3) is 3.94. The number of aliphatic hydroxyl groups is 1. The van der Waals surface area contributed by atoms with E-state index in [4.69, 9.17) is 0 Å². The first-order chi connectivity index (χ1) is 7.50. The Kier molecular flexibility index (Phi) is 4.96. The second-order valence-electron chi connectivity index (χ2n) is 3.97. The molecular weight excluding hydrogens is 270 g/mol. The van der Waals surface area contributed by atoms with Crippen LogP contribution in [-0.2, 0) is 4.79 Å². The Morgan fingerprint density at radius 2 is 1.94 bits per heavy atom. The van der Waals surface area contributed by atoms with Crippen LogP contribution in [0.15, 0.2) is 28.7 Å². The topological polar surface area (TPSA) is 49.3 Å². The smallest absolute Gasteiger partial charge is 0.222 e. The van der Waals surface area contributed by atoms with E-state index in [0.29, 0.717) is 0 Å². The summed E-state index contributed by atoms with van der Waals surface area (Å²) in [5.41, 5.74) is 0.798. The van der Waals surface area contributed by atoms with E-state index in [9.17, 15) is 9.90 Å². The number of hydrogen-bond donors (Lipinski definition) is 2. The highest BCUT2D eigenvalue weighted by molar-refractivity contribution is 9.10. The van der Waals surface area contributed by atoms with Crippen LogP contribution in [-0.4, -0.2) is 17.6 Å².